The molecule has 116 valence electrons. The standard InChI is InChI=1S/C15H14N6O2/c16-10-12-3-4-17-15(9-12)20-7-5-19(6-8-20)14-2-1-13(11-18-14)21(22)23/h1-4,9,11H,5-8H2. The Bertz CT molecular complexity index is 747. The summed E-state index contributed by atoms with van der Waals surface area (Å²) in [6.07, 6.45) is 2.91. The summed E-state index contributed by atoms with van der Waals surface area (Å²) in [6.45, 7) is 2.98. The van der Waals surface area contributed by atoms with Crippen molar-refractivity contribution in [2.75, 3.05) is 36.0 Å². The van der Waals surface area contributed by atoms with E-state index in [1.54, 1.807) is 24.4 Å². The summed E-state index contributed by atoms with van der Waals surface area (Å²) in [4.78, 5) is 22.9. The SMILES string of the molecule is N#Cc1ccnc(N2CCN(c3ccc([N+](=O)[O-])cn3)CC2)c1. The normalized spacial score (nSPS) is 14.4. The summed E-state index contributed by atoms with van der Waals surface area (Å²) in [5.74, 6) is 1.52. The van der Waals surface area contributed by atoms with E-state index in [0.717, 1.165) is 37.8 Å². The quantitative estimate of drug-likeness (QED) is 0.627. The van der Waals surface area contributed by atoms with Gasteiger partial charge in [0.2, 0.25) is 0 Å². The lowest BCUT2D eigenvalue weighted by molar-refractivity contribution is -0.385. The average molecular weight is 310 g/mol. The number of hydrogen-bond donors (Lipinski definition) is 0. The lowest BCUT2D eigenvalue weighted by Gasteiger charge is -2.36. The summed E-state index contributed by atoms with van der Waals surface area (Å²) >= 11 is 0. The zero-order valence-corrected chi connectivity index (χ0v) is 12.3. The Hall–Kier alpha value is -3.21. The molecule has 1 saturated heterocycles. The fourth-order valence-electron chi connectivity index (χ4n) is 2.50. The molecular weight excluding hydrogens is 296 g/mol. The first kappa shape index (κ1) is 14.7. The predicted octanol–water partition coefficient (Wildman–Crippen LogP) is 1.58. The van der Waals surface area contributed by atoms with Gasteiger partial charge in [0.05, 0.1) is 16.6 Å². The van der Waals surface area contributed by atoms with Crippen LogP contribution in [0.2, 0.25) is 0 Å². The monoisotopic (exact) mass is 310 g/mol. The molecule has 1 aliphatic heterocycles. The molecule has 0 radical (unpaired) electrons. The number of hydrogen-bond acceptors (Lipinski definition) is 7. The minimum atomic E-state index is -0.456. The molecular formula is C15H14N6O2. The van der Waals surface area contributed by atoms with Crippen molar-refractivity contribution in [2.45, 2.75) is 0 Å². The van der Waals surface area contributed by atoms with Gasteiger partial charge in [-0.3, -0.25) is 10.1 Å². The zero-order valence-electron chi connectivity index (χ0n) is 12.3. The van der Waals surface area contributed by atoms with Crippen LogP contribution in [0.4, 0.5) is 17.3 Å². The van der Waals surface area contributed by atoms with E-state index in [2.05, 4.69) is 25.8 Å². The van der Waals surface area contributed by atoms with Crippen LogP contribution in [0.3, 0.4) is 0 Å². The molecule has 0 spiro atoms. The highest BCUT2D eigenvalue weighted by Crippen LogP contribution is 2.20. The Labute approximate surface area is 132 Å². The van der Waals surface area contributed by atoms with Crippen LogP contribution in [0.5, 0.6) is 0 Å². The van der Waals surface area contributed by atoms with E-state index in [1.807, 2.05) is 0 Å². The molecule has 0 aliphatic carbocycles. The molecule has 0 saturated carbocycles. The van der Waals surface area contributed by atoms with E-state index < -0.39 is 4.92 Å². The van der Waals surface area contributed by atoms with Crippen molar-refractivity contribution in [2.24, 2.45) is 0 Å². The molecule has 0 amide bonds. The van der Waals surface area contributed by atoms with E-state index in [0.29, 0.717) is 5.56 Å². The van der Waals surface area contributed by atoms with Gasteiger partial charge in [-0.25, -0.2) is 9.97 Å². The number of nitro groups is 1. The summed E-state index contributed by atoms with van der Waals surface area (Å²) in [6, 6.07) is 8.71. The Morgan fingerprint density at radius 3 is 2.35 bits per heavy atom. The second-order valence-corrected chi connectivity index (χ2v) is 5.12. The molecule has 23 heavy (non-hydrogen) atoms. The van der Waals surface area contributed by atoms with E-state index in [9.17, 15) is 10.1 Å². The van der Waals surface area contributed by atoms with E-state index >= 15 is 0 Å². The number of aromatic nitrogens is 2. The first-order chi connectivity index (χ1) is 11.2. The van der Waals surface area contributed by atoms with Gasteiger partial charge in [0.15, 0.2) is 0 Å². The van der Waals surface area contributed by atoms with Crippen LogP contribution in [-0.4, -0.2) is 41.1 Å². The second kappa shape index (κ2) is 6.27. The van der Waals surface area contributed by atoms with Crippen molar-refractivity contribution in [3.63, 3.8) is 0 Å². The van der Waals surface area contributed by atoms with Gasteiger partial charge in [0.1, 0.15) is 17.8 Å². The van der Waals surface area contributed by atoms with Crippen LogP contribution >= 0.6 is 0 Å². The largest absolute Gasteiger partial charge is 0.353 e. The van der Waals surface area contributed by atoms with Crippen molar-refractivity contribution in [3.05, 3.63) is 52.3 Å². The van der Waals surface area contributed by atoms with E-state index in [4.69, 9.17) is 5.26 Å². The number of nitrogens with zero attached hydrogens (tertiary/aromatic N) is 6. The third-order valence-corrected chi connectivity index (χ3v) is 3.75. The summed E-state index contributed by atoms with van der Waals surface area (Å²) in [5, 5.41) is 19.6. The first-order valence-corrected chi connectivity index (χ1v) is 7.14. The molecule has 0 atom stereocenters. The molecule has 0 unspecified atom stereocenters. The number of pyridine rings is 2. The van der Waals surface area contributed by atoms with Gasteiger partial charge in [-0.2, -0.15) is 5.26 Å². The molecule has 0 bridgehead atoms. The maximum atomic E-state index is 10.7. The van der Waals surface area contributed by atoms with Crippen LogP contribution in [0.15, 0.2) is 36.7 Å². The van der Waals surface area contributed by atoms with Gasteiger partial charge < -0.3 is 9.80 Å². The molecule has 3 heterocycles. The Morgan fingerprint density at radius 2 is 1.78 bits per heavy atom. The zero-order chi connectivity index (χ0) is 16.2. The second-order valence-electron chi connectivity index (χ2n) is 5.12. The van der Waals surface area contributed by atoms with Gasteiger partial charge in [0, 0.05) is 38.4 Å². The maximum Gasteiger partial charge on any atom is 0.287 e. The average Bonchev–Trinajstić information content (AvgIpc) is 2.62. The topological polar surface area (TPSA) is 99.2 Å². The fourth-order valence-corrected chi connectivity index (χ4v) is 2.50. The molecule has 2 aromatic rings. The molecule has 2 aromatic heterocycles. The van der Waals surface area contributed by atoms with Gasteiger partial charge in [-0.05, 0) is 18.2 Å². The van der Waals surface area contributed by atoms with Crippen molar-refractivity contribution in [1.82, 2.24) is 9.97 Å². The minimum Gasteiger partial charge on any atom is -0.353 e. The third-order valence-electron chi connectivity index (χ3n) is 3.75. The Balaban J connectivity index is 1.66. The highest BCUT2D eigenvalue weighted by atomic mass is 16.6. The van der Waals surface area contributed by atoms with Crippen molar-refractivity contribution < 1.29 is 4.92 Å². The third kappa shape index (κ3) is 3.18. The van der Waals surface area contributed by atoms with Crippen LogP contribution < -0.4 is 9.80 Å². The smallest absolute Gasteiger partial charge is 0.287 e. The van der Waals surface area contributed by atoms with E-state index in [-0.39, 0.29) is 5.69 Å². The predicted molar refractivity (Wildman–Crippen MR) is 84.3 cm³/mol. The number of nitriles is 1. The van der Waals surface area contributed by atoms with Gasteiger partial charge in [0.25, 0.3) is 5.69 Å². The lowest BCUT2D eigenvalue weighted by Crippen LogP contribution is -2.47. The molecule has 0 aromatic carbocycles. The maximum absolute atomic E-state index is 10.7. The van der Waals surface area contributed by atoms with Crippen molar-refractivity contribution in [3.8, 4) is 6.07 Å². The van der Waals surface area contributed by atoms with Crippen LogP contribution in [0.25, 0.3) is 0 Å². The molecule has 0 N–H and O–H groups in total. The number of anilines is 2. The van der Waals surface area contributed by atoms with Crippen molar-refractivity contribution >= 4 is 17.3 Å². The summed E-state index contributed by atoms with van der Waals surface area (Å²) in [7, 11) is 0. The minimum absolute atomic E-state index is 0.00935. The molecule has 3 rings (SSSR count). The molecule has 1 aliphatic rings. The Kier molecular flexibility index (Phi) is 4.01. The van der Waals surface area contributed by atoms with E-state index in [1.165, 1.54) is 12.3 Å². The first-order valence-electron chi connectivity index (χ1n) is 7.14. The Morgan fingerprint density at radius 1 is 1.09 bits per heavy atom. The van der Waals surface area contributed by atoms with Gasteiger partial charge in [-0.15, -0.1) is 0 Å². The summed E-state index contributed by atoms with van der Waals surface area (Å²) in [5.41, 5.74) is 0.583. The highest BCUT2D eigenvalue weighted by molar-refractivity contribution is 5.48. The fraction of sp³-hybridized carbons (Fsp3) is 0.267. The highest BCUT2D eigenvalue weighted by Gasteiger charge is 2.20. The molecule has 8 heteroatoms. The van der Waals surface area contributed by atoms with Gasteiger partial charge in [-0.1, -0.05) is 0 Å². The van der Waals surface area contributed by atoms with Crippen LogP contribution in [0, 0.1) is 21.4 Å². The number of rotatable bonds is 3. The van der Waals surface area contributed by atoms with Gasteiger partial charge >= 0.3 is 0 Å². The summed E-state index contributed by atoms with van der Waals surface area (Å²) < 4.78 is 0. The molecule has 1 fully saturated rings. The lowest BCUT2D eigenvalue weighted by atomic mass is 10.2. The number of piperazine rings is 1. The van der Waals surface area contributed by atoms with Crippen LogP contribution in [-0.2, 0) is 0 Å². The molecule has 8 nitrogen and oxygen atoms in total. The van der Waals surface area contributed by atoms with Crippen LogP contribution in [0.1, 0.15) is 5.56 Å². The van der Waals surface area contributed by atoms with Crippen molar-refractivity contribution in [1.29, 1.82) is 5.26 Å².